The van der Waals surface area contributed by atoms with Crippen LogP contribution in [0.4, 0.5) is 0 Å². The topological polar surface area (TPSA) is 26.7 Å². The standard InChI is InChI=1S/C21H32N2O/c24-17-13-21-18-22(14-7-10-19-8-3-1-4-9-19)15-16-23(21)20-11-5-2-6-12-20/h1,3-4,7-10,20-21,24H,2,5-6,11-18H2. The summed E-state index contributed by atoms with van der Waals surface area (Å²) in [6.07, 6.45) is 12.3. The first-order valence-corrected chi connectivity index (χ1v) is 9.67. The third-order valence-electron chi connectivity index (χ3n) is 5.59. The highest BCUT2D eigenvalue weighted by molar-refractivity contribution is 5.48. The van der Waals surface area contributed by atoms with Crippen molar-refractivity contribution in [2.75, 3.05) is 32.8 Å². The summed E-state index contributed by atoms with van der Waals surface area (Å²) in [5.74, 6) is 0. The van der Waals surface area contributed by atoms with Gasteiger partial charge in [-0.25, -0.2) is 0 Å². The molecule has 1 aromatic rings. The first kappa shape index (κ1) is 17.7. The van der Waals surface area contributed by atoms with Crippen molar-refractivity contribution in [3.8, 4) is 0 Å². The summed E-state index contributed by atoms with van der Waals surface area (Å²) >= 11 is 0. The second-order valence-corrected chi connectivity index (χ2v) is 7.27. The van der Waals surface area contributed by atoms with Crippen LogP contribution in [-0.2, 0) is 0 Å². The molecule has 1 aliphatic carbocycles. The molecule has 0 radical (unpaired) electrons. The molecule has 3 heteroatoms. The maximum Gasteiger partial charge on any atom is 0.0446 e. The molecule has 24 heavy (non-hydrogen) atoms. The van der Waals surface area contributed by atoms with Gasteiger partial charge in [-0.2, -0.15) is 0 Å². The van der Waals surface area contributed by atoms with E-state index in [1.165, 1.54) is 37.7 Å². The Morgan fingerprint density at radius 3 is 2.58 bits per heavy atom. The number of aliphatic hydroxyl groups is 1. The van der Waals surface area contributed by atoms with Crippen LogP contribution in [0.1, 0.15) is 44.1 Å². The Kier molecular flexibility index (Phi) is 6.88. The molecule has 1 unspecified atom stereocenters. The van der Waals surface area contributed by atoms with Gasteiger partial charge in [0.25, 0.3) is 0 Å². The Bertz CT molecular complexity index is 496. The quantitative estimate of drug-likeness (QED) is 0.867. The summed E-state index contributed by atoms with van der Waals surface area (Å²) in [4.78, 5) is 5.26. The number of nitrogens with zero attached hydrogens (tertiary/aromatic N) is 2. The summed E-state index contributed by atoms with van der Waals surface area (Å²) in [7, 11) is 0. The largest absolute Gasteiger partial charge is 0.396 e. The van der Waals surface area contributed by atoms with Crippen molar-refractivity contribution in [1.29, 1.82) is 0 Å². The molecule has 2 aliphatic rings. The number of piperazine rings is 1. The molecular weight excluding hydrogens is 296 g/mol. The Hall–Kier alpha value is -1.16. The summed E-state index contributed by atoms with van der Waals surface area (Å²) < 4.78 is 0. The molecule has 1 saturated carbocycles. The Balaban J connectivity index is 1.53. The molecule has 1 heterocycles. The number of rotatable bonds is 6. The minimum absolute atomic E-state index is 0.307. The summed E-state index contributed by atoms with van der Waals surface area (Å²) in [5.41, 5.74) is 1.27. The highest BCUT2D eigenvalue weighted by Gasteiger charge is 2.31. The van der Waals surface area contributed by atoms with Gasteiger partial charge in [-0.15, -0.1) is 0 Å². The van der Waals surface area contributed by atoms with Gasteiger partial charge in [0.05, 0.1) is 0 Å². The smallest absolute Gasteiger partial charge is 0.0446 e. The van der Waals surface area contributed by atoms with Crippen molar-refractivity contribution in [2.45, 2.75) is 50.6 Å². The Labute approximate surface area is 147 Å². The van der Waals surface area contributed by atoms with Crippen LogP contribution in [-0.4, -0.2) is 59.8 Å². The third-order valence-corrected chi connectivity index (χ3v) is 5.59. The molecule has 0 amide bonds. The van der Waals surface area contributed by atoms with Gasteiger partial charge in [-0.3, -0.25) is 9.80 Å². The van der Waals surface area contributed by atoms with Crippen LogP contribution in [0.25, 0.3) is 6.08 Å². The number of aliphatic hydroxyl groups excluding tert-OH is 1. The van der Waals surface area contributed by atoms with E-state index in [1.807, 2.05) is 0 Å². The van der Waals surface area contributed by atoms with E-state index in [9.17, 15) is 5.11 Å². The van der Waals surface area contributed by atoms with Crippen LogP contribution >= 0.6 is 0 Å². The highest BCUT2D eigenvalue weighted by atomic mass is 16.3. The lowest BCUT2D eigenvalue weighted by Crippen LogP contribution is -2.57. The molecule has 2 fully saturated rings. The van der Waals surface area contributed by atoms with Gasteiger partial charge in [-0.05, 0) is 24.8 Å². The minimum Gasteiger partial charge on any atom is -0.396 e. The van der Waals surface area contributed by atoms with Gasteiger partial charge in [0.15, 0.2) is 0 Å². The maximum atomic E-state index is 9.49. The van der Waals surface area contributed by atoms with Crippen LogP contribution in [0, 0.1) is 0 Å². The molecule has 132 valence electrons. The van der Waals surface area contributed by atoms with Gasteiger partial charge in [0.2, 0.25) is 0 Å². The van der Waals surface area contributed by atoms with Crippen molar-refractivity contribution in [2.24, 2.45) is 0 Å². The molecule has 0 bridgehead atoms. The number of benzene rings is 1. The van der Waals surface area contributed by atoms with Gasteiger partial charge in [0, 0.05) is 44.9 Å². The zero-order valence-corrected chi connectivity index (χ0v) is 14.8. The van der Waals surface area contributed by atoms with Crippen LogP contribution in [0.2, 0.25) is 0 Å². The fourth-order valence-electron chi connectivity index (χ4n) is 4.30. The molecule has 1 saturated heterocycles. The molecule has 0 spiro atoms. The molecule has 1 aliphatic heterocycles. The monoisotopic (exact) mass is 328 g/mol. The number of hydrogen-bond donors (Lipinski definition) is 1. The molecule has 1 aromatic carbocycles. The number of hydrogen-bond acceptors (Lipinski definition) is 3. The van der Waals surface area contributed by atoms with E-state index >= 15 is 0 Å². The Morgan fingerprint density at radius 2 is 1.83 bits per heavy atom. The van der Waals surface area contributed by atoms with Crippen LogP contribution in [0.3, 0.4) is 0 Å². The summed E-state index contributed by atoms with van der Waals surface area (Å²) in [6, 6.07) is 11.8. The zero-order chi connectivity index (χ0) is 16.6. The van der Waals surface area contributed by atoms with E-state index in [0.29, 0.717) is 12.6 Å². The van der Waals surface area contributed by atoms with E-state index in [4.69, 9.17) is 0 Å². The van der Waals surface area contributed by atoms with Gasteiger partial charge in [-0.1, -0.05) is 61.7 Å². The van der Waals surface area contributed by atoms with Gasteiger partial charge < -0.3 is 5.11 Å². The van der Waals surface area contributed by atoms with Crippen molar-refractivity contribution >= 4 is 6.08 Å². The van der Waals surface area contributed by atoms with Crippen molar-refractivity contribution in [3.63, 3.8) is 0 Å². The van der Waals surface area contributed by atoms with Crippen molar-refractivity contribution in [1.82, 2.24) is 9.80 Å². The zero-order valence-electron chi connectivity index (χ0n) is 14.8. The minimum atomic E-state index is 0.307. The molecule has 1 atom stereocenters. The first-order chi connectivity index (χ1) is 11.9. The maximum absolute atomic E-state index is 9.49. The lowest BCUT2D eigenvalue weighted by Gasteiger charge is -2.46. The van der Waals surface area contributed by atoms with Crippen molar-refractivity contribution in [3.05, 3.63) is 42.0 Å². The first-order valence-electron chi connectivity index (χ1n) is 9.67. The lowest BCUT2D eigenvalue weighted by molar-refractivity contribution is 0.0206. The highest BCUT2D eigenvalue weighted by Crippen LogP contribution is 2.27. The normalized spacial score (nSPS) is 24.6. The SMILES string of the molecule is OCCC1CN(CC=Cc2ccccc2)CCN1C1CCCCC1. The average Bonchev–Trinajstić information content (AvgIpc) is 2.64. The van der Waals surface area contributed by atoms with E-state index < -0.39 is 0 Å². The Morgan fingerprint density at radius 1 is 1.04 bits per heavy atom. The predicted octanol–water partition coefficient (Wildman–Crippen LogP) is 3.40. The second-order valence-electron chi connectivity index (χ2n) is 7.27. The lowest BCUT2D eigenvalue weighted by atomic mass is 9.92. The molecule has 1 N–H and O–H groups in total. The van der Waals surface area contributed by atoms with E-state index in [2.05, 4.69) is 52.3 Å². The molecule has 0 aromatic heterocycles. The fraction of sp³-hybridized carbons (Fsp3) is 0.619. The summed E-state index contributed by atoms with van der Waals surface area (Å²) in [6.45, 7) is 4.72. The summed E-state index contributed by atoms with van der Waals surface area (Å²) in [5, 5.41) is 9.49. The van der Waals surface area contributed by atoms with Gasteiger partial charge >= 0.3 is 0 Å². The third kappa shape index (κ3) is 4.92. The van der Waals surface area contributed by atoms with E-state index in [-0.39, 0.29) is 0 Å². The van der Waals surface area contributed by atoms with E-state index in [1.54, 1.807) is 0 Å². The molecule has 3 rings (SSSR count). The molecular formula is C21H32N2O. The fourth-order valence-corrected chi connectivity index (χ4v) is 4.30. The average molecular weight is 329 g/mol. The van der Waals surface area contributed by atoms with Crippen LogP contribution in [0.15, 0.2) is 36.4 Å². The van der Waals surface area contributed by atoms with Crippen LogP contribution < -0.4 is 0 Å². The second kappa shape index (κ2) is 9.36. The van der Waals surface area contributed by atoms with Crippen LogP contribution in [0.5, 0.6) is 0 Å². The van der Waals surface area contributed by atoms with E-state index in [0.717, 1.165) is 38.6 Å². The van der Waals surface area contributed by atoms with Crippen molar-refractivity contribution < 1.29 is 5.11 Å². The predicted molar refractivity (Wildman–Crippen MR) is 101 cm³/mol. The van der Waals surface area contributed by atoms with Gasteiger partial charge in [0.1, 0.15) is 0 Å². The molecule has 3 nitrogen and oxygen atoms in total.